The molecule has 40 heavy (non-hydrogen) atoms. The Labute approximate surface area is 266 Å². The maximum Gasteiger partial charge on any atom is 0.137 e. The van der Waals surface area contributed by atoms with Gasteiger partial charge in [0, 0.05) is 47.5 Å². The van der Waals surface area contributed by atoms with Gasteiger partial charge in [0.1, 0.15) is 5.82 Å². The van der Waals surface area contributed by atoms with Crippen molar-refractivity contribution in [2.24, 2.45) is 5.92 Å². The number of aryl methyl sites for hydroxylation is 1. The fraction of sp³-hybridized carbons (Fsp3) is 0.323. The van der Waals surface area contributed by atoms with Crippen molar-refractivity contribution in [3.8, 4) is 11.4 Å². The Hall–Kier alpha value is -1.76. The lowest BCUT2D eigenvalue weighted by Crippen LogP contribution is -2.50. The van der Waals surface area contributed by atoms with Gasteiger partial charge in [-0.25, -0.2) is 4.98 Å². The van der Waals surface area contributed by atoms with Crippen LogP contribution in [0.3, 0.4) is 0 Å². The molecule has 216 valence electrons. The highest BCUT2D eigenvalue weighted by Gasteiger charge is 2.33. The van der Waals surface area contributed by atoms with Crippen molar-refractivity contribution in [3.05, 3.63) is 111 Å². The van der Waals surface area contributed by atoms with Crippen molar-refractivity contribution in [3.63, 3.8) is 0 Å². The zero-order chi connectivity index (χ0) is 25.9. The highest BCUT2D eigenvalue weighted by atomic mass is 35.5. The average molecular weight is 643 g/mol. The summed E-state index contributed by atoms with van der Waals surface area (Å²) in [6.45, 7) is 10.6. The molecular formula is C31H37Cl5N4. The smallest absolute Gasteiger partial charge is 0.137 e. The number of H-pyrrole nitrogens is 1. The number of halogens is 5. The molecule has 4 aromatic rings. The van der Waals surface area contributed by atoms with Crippen LogP contribution in [0.1, 0.15) is 48.4 Å². The number of aromatic nitrogens is 2. The van der Waals surface area contributed by atoms with E-state index in [1.54, 1.807) is 0 Å². The number of hydrogen-bond acceptors (Lipinski definition) is 3. The summed E-state index contributed by atoms with van der Waals surface area (Å²) in [7, 11) is 0. The molecule has 1 aliphatic heterocycles. The first kappa shape index (κ1) is 34.4. The molecule has 1 aromatic heterocycles. The van der Waals surface area contributed by atoms with E-state index < -0.39 is 0 Å². The summed E-state index contributed by atoms with van der Waals surface area (Å²) in [6, 6.07) is 27.1. The lowest BCUT2D eigenvalue weighted by molar-refractivity contribution is 0.0599. The van der Waals surface area contributed by atoms with Gasteiger partial charge in [-0.3, -0.25) is 9.80 Å². The van der Waals surface area contributed by atoms with Crippen LogP contribution in [0.15, 0.2) is 78.9 Å². The third kappa shape index (κ3) is 7.74. The van der Waals surface area contributed by atoms with Crippen molar-refractivity contribution in [2.75, 3.05) is 26.2 Å². The molecule has 1 atom stereocenters. The van der Waals surface area contributed by atoms with Crippen molar-refractivity contribution >= 4 is 60.4 Å². The second-order valence-corrected chi connectivity index (χ2v) is 11.1. The van der Waals surface area contributed by atoms with E-state index in [1.807, 2.05) is 30.3 Å². The average Bonchev–Trinajstić information content (AvgIpc) is 3.27. The normalized spacial score (nSPS) is 14.8. The van der Waals surface area contributed by atoms with Gasteiger partial charge in [-0.05, 0) is 48.2 Å². The molecule has 0 bridgehead atoms. The topological polar surface area (TPSA) is 35.2 Å². The Bertz CT molecular complexity index is 1290. The van der Waals surface area contributed by atoms with Crippen LogP contribution >= 0.6 is 60.4 Å². The van der Waals surface area contributed by atoms with E-state index in [0.29, 0.717) is 5.92 Å². The molecule has 3 aromatic carbocycles. The van der Waals surface area contributed by atoms with E-state index in [9.17, 15) is 0 Å². The van der Waals surface area contributed by atoms with Crippen LogP contribution in [0.4, 0.5) is 0 Å². The van der Waals surface area contributed by atoms with Crippen LogP contribution in [0, 0.1) is 12.8 Å². The Kier molecular flexibility index (Phi) is 13.3. The number of hydrogen-bond donors (Lipinski definition) is 1. The molecule has 1 aliphatic rings. The monoisotopic (exact) mass is 640 g/mol. The fourth-order valence-electron chi connectivity index (χ4n) is 5.65. The van der Waals surface area contributed by atoms with E-state index in [1.165, 1.54) is 11.1 Å². The summed E-state index contributed by atoms with van der Waals surface area (Å²) in [5.41, 5.74) is 5.81. The number of imidazole rings is 1. The first-order valence-corrected chi connectivity index (χ1v) is 13.8. The molecule has 1 unspecified atom stereocenters. The summed E-state index contributed by atoms with van der Waals surface area (Å²) < 4.78 is 0. The maximum atomic E-state index is 6.41. The van der Waals surface area contributed by atoms with Crippen molar-refractivity contribution in [1.29, 1.82) is 0 Å². The summed E-state index contributed by atoms with van der Waals surface area (Å²) >= 11 is 12.8. The van der Waals surface area contributed by atoms with Gasteiger partial charge in [0.2, 0.25) is 0 Å². The number of nitrogens with one attached hydrogen (secondary N) is 1. The van der Waals surface area contributed by atoms with Gasteiger partial charge < -0.3 is 4.98 Å². The molecule has 0 amide bonds. The fourth-order valence-corrected chi connectivity index (χ4v) is 6.04. The summed E-state index contributed by atoms with van der Waals surface area (Å²) in [4.78, 5) is 13.8. The van der Waals surface area contributed by atoms with E-state index >= 15 is 0 Å². The highest BCUT2D eigenvalue weighted by Crippen LogP contribution is 2.36. The minimum atomic E-state index is 0. The standard InChI is InChI=1S/C31H34Cl2N4.3ClH/c1-21(2)29(28-22(3)34-31(35-28)23-9-5-4-6-10-23)36-15-17-37(18-16-36)30(24-11-7-13-26(32)19-24)25-12-8-14-27(33)20-25;;;/h4-14,19-21,29-30H,15-18H2,1-3H3,(H,34,35);3*1H. The lowest BCUT2D eigenvalue weighted by atomic mass is 9.94. The van der Waals surface area contributed by atoms with E-state index in [0.717, 1.165) is 59.0 Å². The van der Waals surface area contributed by atoms with Crippen molar-refractivity contribution in [1.82, 2.24) is 19.8 Å². The SMILES string of the molecule is Cc1[nH]c(-c2ccccc2)nc1C(C(C)C)N1CCN(C(c2cccc(Cl)c2)c2cccc(Cl)c2)CC1.Cl.Cl.Cl. The zero-order valence-corrected chi connectivity index (χ0v) is 26.8. The molecule has 9 heteroatoms. The third-order valence-electron chi connectivity index (χ3n) is 7.32. The first-order chi connectivity index (χ1) is 17.9. The largest absolute Gasteiger partial charge is 0.342 e. The number of rotatable bonds is 7. The molecule has 1 fully saturated rings. The zero-order valence-electron chi connectivity index (χ0n) is 22.9. The summed E-state index contributed by atoms with van der Waals surface area (Å²) in [5, 5.41) is 1.51. The van der Waals surface area contributed by atoms with Gasteiger partial charge >= 0.3 is 0 Å². The van der Waals surface area contributed by atoms with Crippen LogP contribution in [-0.4, -0.2) is 45.9 Å². The van der Waals surface area contributed by atoms with Crippen LogP contribution in [-0.2, 0) is 0 Å². The van der Waals surface area contributed by atoms with Gasteiger partial charge in [0.25, 0.3) is 0 Å². The molecule has 0 radical (unpaired) electrons. The van der Waals surface area contributed by atoms with Crippen LogP contribution < -0.4 is 0 Å². The molecule has 2 heterocycles. The number of nitrogens with zero attached hydrogens (tertiary/aromatic N) is 3. The Morgan fingerprint density at radius 2 is 1.25 bits per heavy atom. The summed E-state index contributed by atoms with van der Waals surface area (Å²) in [6.07, 6.45) is 0. The van der Waals surface area contributed by atoms with E-state index in [-0.39, 0.29) is 49.3 Å². The Morgan fingerprint density at radius 1 is 0.725 bits per heavy atom. The van der Waals surface area contributed by atoms with Crippen LogP contribution in [0.2, 0.25) is 10.0 Å². The quantitative estimate of drug-likeness (QED) is 0.219. The Morgan fingerprint density at radius 3 is 1.75 bits per heavy atom. The highest BCUT2D eigenvalue weighted by molar-refractivity contribution is 6.31. The van der Waals surface area contributed by atoms with Crippen LogP contribution in [0.5, 0.6) is 0 Å². The summed E-state index contributed by atoms with van der Waals surface area (Å²) in [5.74, 6) is 1.38. The molecule has 0 saturated carbocycles. The van der Waals surface area contributed by atoms with E-state index in [4.69, 9.17) is 28.2 Å². The molecule has 4 nitrogen and oxygen atoms in total. The minimum absolute atomic E-state index is 0. The maximum absolute atomic E-state index is 6.41. The van der Waals surface area contributed by atoms with Crippen LogP contribution in [0.25, 0.3) is 11.4 Å². The van der Waals surface area contributed by atoms with Gasteiger partial charge in [0.15, 0.2) is 0 Å². The third-order valence-corrected chi connectivity index (χ3v) is 7.79. The predicted octanol–water partition coefficient (Wildman–Crippen LogP) is 9.06. The number of aromatic amines is 1. The molecule has 0 spiro atoms. The first-order valence-electron chi connectivity index (χ1n) is 13.0. The molecule has 0 aliphatic carbocycles. The molecular weight excluding hydrogens is 606 g/mol. The van der Waals surface area contributed by atoms with Gasteiger partial charge in [0.05, 0.1) is 17.8 Å². The van der Waals surface area contributed by atoms with Crippen molar-refractivity contribution < 1.29 is 0 Å². The van der Waals surface area contributed by atoms with Gasteiger partial charge in [-0.2, -0.15) is 0 Å². The second kappa shape index (κ2) is 15.5. The predicted molar refractivity (Wildman–Crippen MR) is 176 cm³/mol. The Balaban J connectivity index is 0.00000187. The number of benzene rings is 3. The van der Waals surface area contributed by atoms with Crippen molar-refractivity contribution in [2.45, 2.75) is 32.9 Å². The lowest BCUT2D eigenvalue weighted by Gasteiger charge is -2.43. The van der Waals surface area contributed by atoms with E-state index in [2.05, 4.69) is 84.1 Å². The second-order valence-electron chi connectivity index (χ2n) is 10.2. The molecule has 1 N–H and O–H groups in total. The van der Waals surface area contributed by atoms with Gasteiger partial charge in [-0.15, -0.1) is 37.2 Å². The molecule has 5 rings (SSSR count). The molecule has 1 saturated heterocycles. The van der Waals surface area contributed by atoms with Gasteiger partial charge in [-0.1, -0.05) is 91.6 Å². The number of piperazine rings is 1. The minimum Gasteiger partial charge on any atom is -0.342 e.